The van der Waals surface area contributed by atoms with E-state index in [4.69, 9.17) is 9.47 Å². The molecule has 0 spiro atoms. The Morgan fingerprint density at radius 3 is 2.63 bits per heavy atom. The van der Waals surface area contributed by atoms with Gasteiger partial charge in [-0.15, -0.1) is 0 Å². The number of nitrogens with zero attached hydrogens (tertiary/aromatic N) is 4. The number of methoxy groups -OCH3 is 1. The number of H-pyrrole nitrogens is 1. The van der Waals surface area contributed by atoms with Crippen molar-refractivity contribution in [1.29, 1.82) is 0 Å². The molecule has 5 rings (SSSR count). The van der Waals surface area contributed by atoms with Crippen molar-refractivity contribution >= 4 is 5.91 Å². The first-order valence-corrected chi connectivity index (χ1v) is 11.8. The smallest absolute Gasteiger partial charge is 0.273 e. The number of carbonyl (C=O) groups is 1. The van der Waals surface area contributed by atoms with Crippen LogP contribution in [0.1, 0.15) is 46.6 Å². The predicted octanol–water partition coefficient (Wildman–Crippen LogP) is 4.62. The Morgan fingerprint density at radius 1 is 1.09 bits per heavy atom. The molecule has 1 aliphatic heterocycles. The van der Waals surface area contributed by atoms with Gasteiger partial charge < -0.3 is 18.9 Å². The Morgan fingerprint density at radius 2 is 1.91 bits per heavy atom. The van der Waals surface area contributed by atoms with Crippen molar-refractivity contribution in [3.63, 3.8) is 0 Å². The number of benzene rings is 2. The molecule has 0 saturated heterocycles. The number of fused-ring (bicyclic) bond motifs is 1. The second kappa shape index (κ2) is 9.66. The van der Waals surface area contributed by atoms with Crippen LogP contribution in [0.15, 0.2) is 61.2 Å². The molecular weight excluding hydrogens is 442 g/mol. The summed E-state index contributed by atoms with van der Waals surface area (Å²) in [5, 5.41) is 7.60. The van der Waals surface area contributed by atoms with E-state index in [9.17, 15) is 4.79 Å². The highest BCUT2D eigenvalue weighted by Crippen LogP contribution is 2.44. The van der Waals surface area contributed by atoms with Gasteiger partial charge >= 0.3 is 0 Å². The van der Waals surface area contributed by atoms with E-state index in [0.29, 0.717) is 30.3 Å². The molecule has 180 valence electrons. The summed E-state index contributed by atoms with van der Waals surface area (Å²) in [6.45, 7) is 5.91. The van der Waals surface area contributed by atoms with Gasteiger partial charge in [0.1, 0.15) is 5.69 Å². The summed E-state index contributed by atoms with van der Waals surface area (Å²) < 4.78 is 13.4. The van der Waals surface area contributed by atoms with Gasteiger partial charge in [-0.3, -0.25) is 9.89 Å². The summed E-state index contributed by atoms with van der Waals surface area (Å²) in [7, 11) is 1.63. The van der Waals surface area contributed by atoms with Gasteiger partial charge in [-0.1, -0.05) is 35.9 Å². The molecule has 0 bridgehead atoms. The molecule has 0 fully saturated rings. The number of ether oxygens (including phenoxy) is 2. The van der Waals surface area contributed by atoms with Crippen molar-refractivity contribution in [2.75, 3.05) is 20.3 Å². The van der Waals surface area contributed by atoms with Crippen molar-refractivity contribution in [2.24, 2.45) is 0 Å². The molecule has 2 aromatic carbocycles. The van der Waals surface area contributed by atoms with Crippen molar-refractivity contribution in [3.05, 3.63) is 83.6 Å². The molecule has 1 atom stereocenters. The number of aromatic amines is 1. The van der Waals surface area contributed by atoms with Crippen LogP contribution in [0, 0.1) is 6.92 Å². The first kappa shape index (κ1) is 22.7. The Balaban J connectivity index is 1.55. The average molecular weight is 472 g/mol. The summed E-state index contributed by atoms with van der Waals surface area (Å²) in [6, 6.07) is 13.8. The molecule has 2 aromatic heterocycles. The van der Waals surface area contributed by atoms with Crippen LogP contribution in [-0.4, -0.2) is 50.8 Å². The maximum Gasteiger partial charge on any atom is 0.273 e. The average Bonchev–Trinajstić information content (AvgIpc) is 3.59. The number of amides is 1. The van der Waals surface area contributed by atoms with E-state index in [1.807, 2.05) is 52.9 Å². The Bertz CT molecular complexity index is 1310. The van der Waals surface area contributed by atoms with Gasteiger partial charge in [0.15, 0.2) is 11.5 Å². The first-order valence-electron chi connectivity index (χ1n) is 11.8. The minimum absolute atomic E-state index is 0.0469. The highest BCUT2D eigenvalue weighted by Gasteiger charge is 2.42. The standard InChI is InChI=1S/C27H29N5O3/c1-4-35-21-11-10-20(16-22(21)34-3)26-23-24(19-8-6-18(2)7-9-19)29-30-25(23)27(33)32(26)14-5-13-31-15-12-28-17-31/h6-12,15-17,26H,4-5,13-14H2,1-3H3,(H,29,30). The molecular formula is C27H29N5O3. The molecule has 0 radical (unpaired) electrons. The SMILES string of the molecule is CCOc1ccc(C2c3c(-c4ccc(C)cc4)n[nH]c3C(=O)N2CCCn2ccnc2)cc1OC. The molecule has 1 N–H and O–H groups in total. The highest BCUT2D eigenvalue weighted by molar-refractivity contribution is 6.00. The molecule has 3 heterocycles. The Labute approximate surface area is 204 Å². The van der Waals surface area contributed by atoms with E-state index in [-0.39, 0.29) is 11.9 Å². The molecule has 1 amide bonds. The zero-order chi connectivity index (χ0) is 24.4. The van der Waals surface area contributed by atoms with Crippen molar-refractivity contribution in [3.8, 4) is 22.8 Å². The van der Waals surface area contributed by atoms with Gasteiger partial charge in [0, 0.05) is 36.6 Å². The van der Waals surface area contributed by atoms with E-state index in [2.05, 4.69) is 34.2 Å². The van der Waals surface area contributed by atoms with Crippen molar-refractivity contribution < 1.29 is 14.3 Å². The van der Waals surface area contributed by atoms with Crippen LogP contribution < -0.4 is 9.47 Å². The molecule has 1 unspecified atom stereocenters. The van der Waals surface area contributed by atoms with E-state index in [1.54, 1.807) is 19.6 Å². The van der Waals surface area contributed by atoms with Gasteiger partial charge in [-0.05, 0) is 38.0 Å². The summed E-state index contributed by atoms with van der Waals surface area (Å²) in [5.74, 6) is 1.28. The Hall–Kier alpha value is -4.07. The van der Waals surface area contributed by atoms with Crippen LogP contribution in [0.4, 0.5) is 0 Å². The number of hydrogen-bond donors (Lipinski definition) is 1. The fourth-order valence-electron chi connectivity index (χ4n) is 4.68. The number of imidazole rings is 1. The largest absolute Gasteiger partial charge is 0.493 e. The van der Waals surface area contributed by atoms with Crippen molar-refractivity contribution in [1.82, 2.24) is 24.6 Å². The van der Waals surface area contributed by atoms with E-state index in [1.165, 1.54) is 5.56 Å². The maximum absolute atomic E-state index is 13.6. The van der Waals surface area contributed by atoms with Gasteiger partial charge in [0.25, 0.3) is 5.91 Å². The first-order chi connectivity index (χ1) is 17.1. The number of rotatable bonds is 9. The van der Waals surface area contributed by atoms with Crippen LogP contribution in [0.3, 0.4) is 0 Å². The molecule has 0 aliphatic carbocycles. The highest BCUT2D eigenvalue weighted by atomic mass is 16.5. The van der Waals surface area contributed by atoms with Gasteiger partial charge in [-0.2, -0.15) is 5.10 Å². The lowest BCUT2D eigenvalue weighted by molar-refractivity contribution is 0.0739. The topological polar surface area (TPSA) is 85.3 Å². The van der Waals surface area contributed by atoms with E-state index < -0.39 is 0 Å². The quantitative estimate of drug-likeness (QED) is 0.385. The molecule has 4 aromatic rings. The summed E-state index contributed by atoms with van der Waals surface area (Å²) >= 11 is 0. The second-order valence-corrected chi connectivity index (χ2v) is 8.63. The number of carbonyl (C=O) groups excluding carboxylic acids is 1. The zero-order valence-electron chi connectivity index (χ0n) is 20.2. The normalized spacial score (nSPS) is 14.9. The van der Waals surface area contributed by atoms with Gasteiger partial charge in [-0.25, -0.2) is 4.98 Å². The lowest BCUT2D eigenvalue weighted by atomic mass is 9.95. The minimum atomic E-state index is -0.292. The van der Waals surface area contributed by atoms with Crippen LogP contribution in [0.5, 0.6) is 11.5 Å². The lowest BCUT2D eigenvalue weighted by Crippen LogP contribution is -2.31. The van der Waals surface area contributed by atoms with E-state index >= 15 is 0 Å². The molecule has 0 saturated carbocycles. The van der Waals surface area contributed by atoms with Crippen LogP contribution in [0.2, 0.25) is 0 Å². The van der Waals surface area contributed by atoms with Crippen LogP contribution >= 0.6 is 0 Å². The summed E-state index contributed by atoms with van der Waals surface area (Å²) in [6.07, 6.45) is 6.29. The number of hydrogen-bond acceptors (Lipinski definition) is 5. The second-order valence-electron chi connectivity index (χ2n) is 8.63. The maximum atomic E-state index is 13.6. The fourth-order valence-corrected chi connectivity index (χ4v) is 4.68. The van der Waals surface area contributed by atoms with Crippen LogP contribution in [-0.2, 0) is 6.54 Å². The predicted molar refractivity (Wildman–Crippen MR) is 133 cm³/mol. The summed E-state index contributed by atoms with van der Waals surface area (Å²) in [5.41, 5.74) is 5.34. The van der Waals surface area contributed by atoms with Gasteiger partial charge in [0.2, 0.25) is 0 Å². The minimum Gasteiger partial charge on any atom is -0.493 e. The molecule has 8 heteroatoms. The van der Waals surface area contributed by atoms with Crippen molar-refractivity contribution in [2.45, 2.75) is 32.9 Å². The van der Waals surface area contributed by atoms with E-state index in [0.717, 1.165) is 35.3 Å². The molecule has 8 nitrogen and oxygen atoms in total. The number of nitrogens with one attached hydrogen (secondary N) is 1. The third-order valence-electron chi connectivity index (χ3n) is 6.37. The molecule has 1 aliphatic rings. The lowest BCUT2D eigenvalue weighted by Gasteiger charge is -2.27. The third kappa shape index (κ3) is 4.27. The summed E-state index contributed by atoms with van der Waals surface area (Å²) in [4.78, 5) is 19.6. The molecule has 35 heavy (non-hydrogen) atoms. The van der Waals surface area contributed by atoms with Gasteiger partial charge in [0.05, 0.1) is 31.8 Å². The third-order valence-corrected chi connectivity index (χ3v) is 6.37. The number of aromatic nitrogens is 4. The number of aryl methyl sites for hydroxylation is 2. The fraction of sp³-hybridized carbons (Fsp3) is 0.296. The Kier molecular flexibility index (Phi) is 6.27. The zero-order valence-corrected chi connectivity index (χ0v) is 20.2. The monoisotopic (exact) mass is 471 g/mol. The van der Waals surface area contributed by atoms with Crippen LogP contribution in [0.25, 0.3) is 11.3 Å².